The zero-order valence-corrected chi connectivity index (χ0v) is 8.20. The van der Waals surface area contributed by atoms with E-state index in [9.17, 15) is 0 Å². The fourth-order valence-electron chi connectivity index (χ4n) is 2.40. The zero-order chi connectivity index (χ0) is 9.54. The lowest BCUT2D eigenvalue weighted by Gasteiger charge is -2.35. The van der Waals surface area contributed by atoms with Crippen LogP contribution in [0.15, 0.2) is 12.3 Å². The van der Waals surface area contributed by atoms with Crippen molar-refractivity contribution in [3.05, 3.63) is 18.1 Å². The van der Waals surface area contributed by atoms with Gasteiger partial charge in [0.05, 0.1) is 0 Å². The van der Waals surface area contributed by atoms with E-state index in [2.05, 4.69) is 20.6 Å². The second-order valence-electron chi connectivity index (χ2n) is 4.17. The summed E-state index contributed by atoms with van der Waals surface area (Å²) < 4.78 is 0. The van der Waals surface area contributed by atoms with Gasteiger partial charge >= 0.3 is 0 Å². The molecule has 2 bridgehead atoms. The molecule has 3 fully saturated rings. The Bertz CT molecular complexity index is 338. The quantitative estimate of drug-likeness (QED) is 0.715. The topological polar surface area (TPSA) is 49.8 Å². The average Bonchev–Trinajstić information content (AvgIpc) is 2.75. The lowest BCUT2D eigenvalue weighted by molar-refractivity contribution is 0.326. The molecule has 1 aliphatic carbocycles. The highest BCUT2D eigenvalue weighted by Gasteiger charge is 2.46. The van der Waals surface area contributed by atoms with E-state index >= 15 is 0 Å². The SMILES string of the molecule is Cc1nccc(NC2C3CNC2C3)n1. The molecule has 4 heteroatoms. The highest BCUT2D eigenvalue weighted by molar-refractivity contribution is 5.37. The van der Waals surface area contributed by atoms with Gasteiger partial charge in [0.15, 0.2) is 0 Å². The normalized spacial score (nSPS) is 33.9. The number of hydrogen-bond donors (Lipinski definition) is 2. The highest BCUT2D eigenvalue weighted by Crippen LogP contribution is 2.35. The first kappa shape index (κ1) is 8.17. The second-order valence-corrected chi connectivity index (χ2v) is 4.17. The van der Waals surface area contributed by atoms with Crippen molar-refractivity contribution in [2.24, 2.45) is 5.92 Å². The summed E-state index contributed by atoms with van der Waals surface area (Å²) in [5, 5.41) is 6.94. The summed E-state index contributed by atoms with van der Waals surface area (Å²) in [5.74, 6) is 2.59. The third-order valence-electron chi connectivity index (χ3n) is 3.23. The molecule has 0 radical (unpaired) electrons. The molecule has 1 aromatic heterocycles. The van der Waals surface area contributed by atoms with Crippen molar-refractivity contribution in [1.82, 2.24) is 15.3 Å². The van der Waals surface area contributed by atoms with Crippen LogP contribution in [0.5, 0.6) is 0 Å². The van der Waals surface area contributed by atoms with Gasteiger partial charge in [0.2, 0.25) is 0 Å². The fraction of sp³-hybridized carbons (Fsp3) is 0.600. The van der Waals surface area contributed by atoms with E-state index in [0.717, 1.165) is 24.1 Å². The van der Waals surface area contributed by atoms with Crippen molar-refractivity contribution >= 4 is 5.82 Å². The van der Waals surface area contributed by atoms with Crippen molar-refractivity contribution in [3.63, 3.8) is 0 Å². The predicted octanol–water partition coefficient (Wildman–Crippen LogP) is 0.557. The molecule has 2 N–H and O–H groups in total. The van der Waals surface area contributed by atoms with Crippen LogP contribution in [0.3, 0.4) is 0 Å². The van der Waals surface area contributed by atoms with Gasteiger partial charge in [-0.1, -0.05) is 0 Å². The van der Waals surface area contributed by atoms with Gasteiger partial charge in [-0.05, 0) is 25.3 Å². The van der Waals surface area contributed by atoms with Crippen LogP contribution in [0.25, 0.3) is 0 Å². The van der Waals surface area contributed by atoms with Gasteiger partial charge < -0.3 is 10.6 Å². The molecule has 14 heavy (non-hydrogen) atoms. The van der Waals surface area contributed by atoms with Crippen LogP contribution in [0.2, 0.25) is 0 Å². The minimum absolute atomic E-state index is 0.587. The number of nitrogens with zero attached hydrogens (tertiary/aromatic N) is 2. The maximum atomic E-state index is 4.34. The number of hydrogen-bond acceptors (Lipinski definition) is 4. The first-order chi connectivity index (χ1) is 6.83. The third-order valence-corrected chi connectivity index (χ3v) is 3.23. The minimum Gasteiger partial charge on any atom is -0.365 e. The summed E-state index contributed by atoms with van der Waals surface area (Å²) in [7, 11) is 0. The fourth-order valence-corrected chi connectivity index (χ4v) is 2.40. The monoisotopic (exact) mass is 190 g/mol. The van der Waals surface area contributed by atoms with Crippen molar-refractivity contribution in [2.45, 2.75) is 25.4 Å². The van der Waals surface area contributed by atoms with Crippen LogP contribution in [0.4, 0.5) is 5.82 Å². The second kappa shape index (κ2) is 2.92. The molecule has 4 nitrogen and oxygen atoms in total. The molecule has 1 aromatic rings. The molecule has 3 aliphatic rings. The summed E-state index contributed by atoms with van der Waals surface area (Å²) in [6, 6.07) is 3.18. The van der Waals surface area contributed by atoms with E-state index in [0.29, 0.717) is 12.1 Å². The Kier molecular flexibility index (Phi) is 1.70. The van der Waals surface area contributed by atoms with Gasteiger partial charge in [-0.3, -0.25) is 0 Å². The predicted molar refractivity (Wildman–Crippen MR) is 54.1 cm³/mol. The van der Waals surface area contributed by atoms with E-state index in [1.807, 2.05) is 13.0 Å². The number of aryl methyl sites for hydroxylation is 1. The van der Waals surface area contributed by atoms with E-state index < -0.39 is 0 Å². The van der Waals surface area contributed by atoms with Gasteiger partial charge in [0.1, 0.15) is 11.6 Å². The van der Waals surface area contributed by atoms with Gasteiger partial charge in [0, 0.05) is 24.8 Å². The molecule has 3 unspecified atom stereocenters. The van der Waals surface area contributed by atoms with E-state index in [1.54, 1.807) is 6.20 Å². The Morgan fingerprint density at radius 2 is 2.50 bits per heavy atom. The summed E-state index contributed by atoms with van der Waals surface area (Å²) in [6.45, 7) is 3.07. The van der Waals surface area contributed by atoms with Gasteiger partial charge in [-0.15, -0.1) is 0 Å². The Morgan fingerprint density at radius 1 is 1.57 bits per heavy atom. The van der Waals surface area contributed by atoms with Crippen molar-refractivity contribution in [3.8, 4) is 0 Å². The zero-order valence-electron chi connectivity index (χ0n) is 8.20. The molecule has 3 atom stereocenters. The van der Waals surface area contributed by atoms with Crippen LogP contribution in [0.1, 0.15) is 12.2 Å². The minimum atomic E-state index is 0.587. The molecule has 0 aromatic carbocycles. The lowest BCUT2D eigenvalue weighted by Crippen LogP contribution is -2.47. The van der Waals surface area contributed by atoms with Crippen LogP contribution >= 0.6 is 0 Å². The van der Waals surface area contributed by atoms with Crippen LogP contribution in [-0.2, 0) is 0 Å². The lowest BCUT2D eigenvalue weighted by atomic mass is 9.80. The number of nitrogens with one attached hydrogen (secondary N) is 2. The Hall–Kier alpha value is -1.16. The summed E-state index contributed by atoms with van der Waals surface area (Å²) in [4.78, 5) is 8.42. The van der Waals surface area contributed by atoms with Gasteiger partial charge in [0.25, 0.3) is 0 Å². The van der Waals surface area contributed by atoms with Gasteiger partial charge in [-0.2, -0.15) is 0 Å². The molecular weight excluding hydrogens is 176 g/mol. The Labute approximate surface area is 83.1 Å². The van der Waals surface area contributed by atoms with Crippen molar-refractivity contribution in [2.75, 3.05) is 11.9 Å². The summed E-state index contributed by atoms with van der Waals surface area (Å²) >= 11 is 0. The van der Waals surface area contributed by atoms with E-state index in [4.69, 9.17) is 0 Å². The van der Waals surface area contributed by atoms with E-state index in [-0.39, 0.29) is 0 Å². The molecule has 2 aliphatic heterocycles. The third kappa shape index (κ3) is 1.18. The van der Waals surface area contributed by atoms with Crippen LogP contribution in [-0.4, -0.2) is 28.6 Å². The molecular formula is C10H14N4. The molecule has 1 saturated carbocycles. The first-order valence-electron chi connectivity index (χ1n) is 5.12. The standard InChI is InChI=1S/C10H14N4/c1-6-11-3-2-9(13-6)14-10-7-4-8(10)12-5-7/h2-3,7-8,10,12H,4-5H2,1H3,(H,11,13,14). The maximum absolute atomic E-state index is 4.34. The van der Waals surface area contributed by atoms with Crippen LogP contribution in [0, 0.1) is 12.8 Å². The number of anilines is 1. The smallest absolute Gasteiger partial charge is 0.129 e. The average molecular weight is 190 g/mol. The molecule has 0 amide bonds. The van der Waals surface area contributed by atoms with E-state index in [1.165, 1.54) is 6.42 Å². The van der Waals surface area contributed by atoms with Crippen LogP contribution < -0.4 is 10.6 Å². The largest absolute Gasteiger partial charge is 0.365 e. The first-order valence-corrected chi connectivity index (χ1v) is 5.12. The van der Waals surface area contributed by atoms with Gasteiger partial charge in [-0.25, -0.2) is 9.97 Å². The maximum Gasteiger partial charge on any atom is 0.129 e. The Balaban J connectivity index is 1.73. The number of fused-ring (bicyclic) bond motifs is 1. The Morgan fingerprint density at radius 3 is 3.14 bits per heavy atom. The highest BCUT2D eigenvalue weighted by atomic mass is 15.2. The molecule has 74 valence electrons. The number of rotatable bonds is 2. The number of aromatic nitrogens is 2. The van der Waals surface area contributed by atoms with Crippen molar-refractivity contribution < 1.29 is 0 Å². The molecule has 0 spiro atoms. The molecule has 4 rings (SSSR count). The molecule has 2 saturated heterocycles. The molecule has 3 heterocycles. The summed E-state index contributed by atoms with van der Waals surface area (Å²) in [5.41, 5.74) is 0. The summed E-state index contributed by atoms with van der Waals surface area (Å²) in [6.07, 6.45) is 3.13. The van der Waals surface area contributed by atoms with Crippen molar-refractivity contribution in [1.29, 1.82) is 0 Å².